The largest absolute Gasteiger partial charge is 0.337 e. The van der Waals surface area contributed by atoms with Gasteiger partial charge in [0.05, 0.1) is 0 Å². The predicted octanol–water partition coefficient (Wildman–Crippen LogP) is 2.02. The van der Waals surface area contributed by atoms with Gasteiger partial charge < -0.3 is 9.80 Å². The number of nitrogens with zero attached hydrogens (tertiary/aromatic N) is 3. The predicted molar refractivity (Wildman–Crippen MR) is 77.7 cm³/mol. The number of rotatable bonds is 7. The van der Waals surface area contributed by atoms with Gasteiger partial charge in [0.2, 0.25) is 5.91 Å². The number of amides is 1. The first kappa shape index (κ1) is 15.6. The molecule has 0 aliphatic carbocycles. The van der Waals surface area contributed by atoms with Crippen molar-refractivity contribution < 1.29 is 4.79 Å². The molecule has 4 nitrogen and oxygen atoms in total. The molecule has 0 aliphatic heterocycles. The van der Waals surface area contributed by atoms with Crippen molar-refractivity contribution in [2.24, 2.45) is 5.92 Å². The van der Waals surface area contributed by atoms with Gasteiger partial charge in [0.15, 0.2) is 0 Å². The molecule has 1 aromatic heterocycles. The first-order valence-electron chi connectivity index (χ1n) is 6.87. The van der Waals surface area contributed by atoms with E-state index in [1.807, 2.05) is 44.2 Å². The molecule has 0 bridgehead atoms. The van der Waals surface area contributed by atoms with Crippen molar-refractivity contribution >= 4 is 5.91 Å². The molecule has 0 aliphatic rings. The fourth-order valence-corrected chi connectivity index (χ4v) is 1.79. The highest BCUT2D eigenvalue weighted by Gasteiger charge is 2.19. The normalized spacial score (nSPS) is 12.5. The van der Waals surface area contributed by atoms with Crippen LogP contribution in [0.25, 0.3) is 0 Å². The SMILES string of the molecule is CCC(C)C(=O)N(CCN(C)C)Cc1cccnc1. The van der Waals surface area contributed by atoms with Crippen molar-refractivity contribution in [2.75, 3.05) is 27.2 Å². The Morgan fingerprint density at radius 3 is 2.63 bits per heavy atom. The van der Waals surface area contributed by atoms with Gasteiger partial charge in [-0.1, -0.05) is 19.9 Å². The molecule has 19 heavy (non-hydrogen) atoms. The van der Waals surface area contributed by atoms with E-state index >= 15 is 0 Å². The van der Waals surface area contributed by atoms with Crippen LogP contribution in [0, 0.1) is 5.92 Å². The second kappa shape index (κ2) is 7.89. The lowest BCUT2D eigenvalue weighted by Gasteiger charge is -2.27. The van der Waals surface area contributed by atoms with Crippen LogP contribution in [0.15, 0.2) is 24.5 Å². The van der Waals surface area contributed by atoms with E-state index in [4.69, 9.17) is 0 Å². The number of hydrogen-bond acceptors (Lipinski definition) is 3. The lowest BCUT2D eigenvalue weighted by Crippen LogP contribution is -2.39. The number of likely N-dealkylation sites (N-methyl/N-ethyl adjacent to an activating group) is 1. The molecule has 0 aromatic carbocycles. The third kappa shape index (κ3) is 5.39. The van der Waals surface area contributed by atoms with E-state index in [0.717, 1.165) is 25.1 Å². The minimum atomic E-state index is 0.0823. The van der Waals surface area contributed by atoms with Crippen LogP contribution < -0.4 is 0 Å². The van der Waals surface area contributed by atoms with E-state index < -0.39 is 0 Å². The maximum absolute atomic E-state index is 12.4. The summed E-state index contributed by atoms with van der Waals surface area (Å²) in [6, 6.07) is 3.92. The Morgan fingerprint density at radius 1 is 1.37 bits per heavy atom. The molecule has 0 saturated carbocycles. The van der Waals surface area contributed by atoms with Gasteiger partial charge in [-0.25, -0.2) is 0 Å². The van der Waals surface area contributed by atoms with E-state index in [0.29, 0.717) is 6.54 Å². The van der Waals surface area contributed by atoms with Crippen LogP contribution in [0.1, 0.15) is 25.8 Å². The zero-order valence-corrected chi connectivity index (χ0v) is 12.5. The molecule has 1 atom stereocenters. The van der Waals surface area contributed by atoms with Crippen molar-refractivity contribution in [3.63, 3.8) is 0 Å². The van der Waals surface area contributed by atoms with Gasteiger partial charge in [0.1, 0.15) is 0 Å². The van der Waals surface area contributed by atoms with Crippen molar-refractivity contribution in [3.05, 3.63) is 30.1 Å². The molecule has 0 spiro atoms. The molecule has 1 heterocycles. The first-order valence-corrected chi connectivity index (χ1v) is 6.87. The highest BCUT2D eigenvalue weighted by Crippen LogP contribution is 2.10. The van der Waals surface area contributed by atoms with E-state index in [2.05, 4.69) is 16.8 Å². The smallest absolute Gasteiger partial charge is 0.225 e. The van der Waals surface area contributed by atoms with Gasteiger partial charge in [0, 0.05) is 37.9 Å². The fraction of sp³-hybridized carbons (Fsp3) is 0.600. The molecule has 0 radical (unpaired) electrons. The highest BCUT2D eigenvalue weighted by molar-refractivity contribution is 5.78. The number of pyridine rings is 1. The third-order valence-electron chi connectivity index (χ3n) is 3.26. The summed E-state index contributed by atoms with van der Waals surface area (Å²) >= 11 is 0. The van der Waals surface area contributed by atoms with Gasteiger partial charge >= 0.3 is 0 Å². The van der Waals surface area contributed by atoms with Gasteiger partial charge in [-0.3, -0.25) is 9.78 Å². The number of carbonyl (C=O) groups is 1. The van der Waals surface area contributed by atoms with Gasteiger partial charge in [-0.15, -0.1) is 0 Å². The number of aromatic nitrogens is 1. The molecule has 1 aromatic rings. The number of hydrogen-bond donors (Lipinski definition) is 0. The molecule has 1 amide bonds. The van der Waals surface area contributed by atoms with Crippen LogP contribution in [0.3, 0.4) is 0 Å². The van der Waals surface area contributed by atoms with E-state index in [1.54, 1.807) is 6.20 Å². The first-order chi connectivity index (χ1) is 9.04. The Balaban J connectivity index is 2.71. The minimum absolute atomic E-state index is 0.0823. The summed E-state index contributed by atoms with van der Waals surface area (Å²) in [6.45, 7) is 6.32. The van der Waals surface area contributed by atoms with Crippen LogP contribution in [0.5, 0.6) is 0 Å². The lowest BCUT2D eigenvalue weighted by atomic mass is 10.1. The van der Waals surface area contributed by atoms with Gasteiger partial charge in [0.25, 0.3) is 0 Å². The lowest BCUT2D eigenvalue weighted by molar-refractivity contribution is -0.135. The van der Waals surface area contributed by atoms with Gasteiger partial charge in [-0.05, 0) is 32.1 Å². The van der Waals surface area contributed by atoms with Crippen molar-refractivity contribution in [2.45, 2.75) is 26.8 Å². The van der Waals surface area contributed by atoms with Gasteiger partial charge in [-0.2, -0.15) is 0 Å². The van der Waals surface area contributed by atoms with Crippen molar-refractivity contribution in [3.8, 4) is 0 Å². The van der Waals surface area contributed by atoms with E-state index in [1.165, 1.54) is 0 Å². The molecule has 1 unspecified atom stereocenters. The molecule has 0 saturated heterocycles. The van der Waals surface area contributed by atoms with Crippen LogP contribution >= 0.6 is 0 Å². The number of carbonyl (C=O) groups excluding carboxylic acids is 1. The Kier molecular flexibility index (Phi) is 6.50. The summed E-state index contributed by atoms with van der Waals surface area (Å²) in [4.78, 5) is 20.5. The molecule has 1 rings (SSSR count). The maximum atomic E-state index is 12.4. The standard InChI is InChI=1S/C15H25N3O/c1-5-13(2)15(19)18(10-9-17(3)4)12-14-7-6-8-16-11-14/h6-8,11,13H,5,9-10,12H2,1-4H3. The van der Waals surface area contributed by atoms with Crippen LogP contribution in [-0.4, -0.2) is 47.9 Å². The summed E-state index contributed by atoms with van der Waals surface area (Å²) in [5.41, 5.74) is 1.08. The Bertz CT molecular complexity index is 378. The Labute approximate surface area is 116 Å². The van der Waals surface area contributed by atoms with E-state index in [9.17, 15) is 4.79 Å². The molecule has 0 N–H and O–H groups in total. The fourth-order valence-electron chi connectivity index (χ4n) is 1.79. The second-order valence-corrected chi connectivity index (χ2v) is 5.23. The third-order valence-corrected chi connectivity index (χ3v) is 3.26. The average molecular weight is 263 g/mol. The van der Waals surface area contributed by atoms with Crippen LogP contribution in [0.2, 0.25) is 0 Å². The summed E-state index contributed by atoms with van der Waals surface area (Å²) in [7, 11) is 4.05. The molecule has 0 fully saturated rings. The summed E-state index contributed by atoms with van der Waals surface area (Å²) in [5, 5.41) is 0. The van der Waals surface area contributed by atoms with Crippen LogP contribution in [0.4, 0.5) is 0 Å². The van der Waals surface area contributed by atoms with Crippen molar-refractivity contribution in [1.29, 1.82) is 0 Å². The second-order valence-electron chi connectivity index (χ2n) is 5.23. The zero-order chi connectivity index (χ0) is 14.3. The Hall–Kier alpha value is -1.42. The monoisotopic (exact) mass is 263 g/mol. The summed E-state index contributed by atoms with van der Waals surface area (Å²) in [5.74, 6) is 0.312. The minimum Gasteiger partial charge on any atom is -0.337 e. The maximum Gasteiger partial charge on any atom is 0.225 e. The molecular weight excluding hydrogens is 238 g/mol. The van der Waals surface area contributed by atoms with Crippen LogP contribution in [-0.2, 0) is 11.3 Å². The topological polar surface area (TPSA) is 36.4 Å². The van der Waals surface area contributed by atoms with E-state index in [-0.39, 0.29) is 11.8 Å². The highest BCUT2D eigenvalue weighted by atomic mass is 16.2. The molecular formula is C15H25N3O. The summed E-state index contributed by atoms with van der Waals surface area (Å²) < 4.78 is 0. The van der Waals surface area contributed by atoms with Crippen molar-refractivity contribution in [1.82, 2.24) is 14.8 Å². The average Bonchev–Trinajstić information content (AvgIpc) is 2.42. The zero-order valence-electron chi connectivity index (χ0n) is 12.5. The molecule has 106 valence electrons. The molecule has 4 heteroatoms. The summed E-state index contributed by atoms with van der Waals surface area (Å²) in [6.07, 6.45) is 4.46. The quantitative estimate of drug-likeness (QED) is 0.755. The Morgan fingerprint density at radius 2 is 2.11 bits per heavy atom.